The monoisotopic (exact) mass is 423 g/mol. The van der Waals surface area contributed by atoms with Gasteiger partial charge in [-0.25, -0.2) is 8.42 Å². The number of hydrogen-bond donors (Lipinski definition) is 1. The van der Waals surface area contributed by atoms with Gasteiger partial charge in [-0.05, 0) is 18.9 Å². The summed E-state index contributed by atoms with van der Waals surface area (Å²) in [7, 11) is -3.41. The smallest absolute Gasteiger partial charge is 0.220 e. The highest BCUT2D eigenvalue weighted by molar-refractivity contribution is 7.88. The molecule has 0 aliphatic carbocycles. The van der Waals surface area contributed by atoms with Crippen LogP contribution in [0.4, 0.5) is 0 Å². The van der Waals surface area contributed by atoms with Gasteiger partial charge >= 0.3 is 0 Å². The molecule has 1 unspecified atom stereocenters. The predicted molar refractivity (Wildman–Crippen MR) is 110 cm³/mol. The number of nitrogens with zero attached hydrogens (tertiary/aromatic N) is 6. The lowest BCUT2D eigenvalue weighted by Gasteiger charge is -2.35. The predicted octanol–water partition coefficient (Wildman–Crippen LogP) is 0.620. The van der Waals surface area contributed by atoms with Crippen molar-refractivity contribution in [2.75, 3.05) is 39.3 Å². The average Bonchev–Trinajstić information content (AvgIpc) is 3.39. The molecular formula is C18H29N7O3S. The Morgan fingerprint density at radius 2 is 2.14 bits per heavy atom. The summed E-state index contributed by atoms with van der Waals surface area (Å²) in [5, 5.41) is 11.3. The number of nitrogens with one attached hydrogen (secondary N) is 1. The van der Waals surface area contributed by atoms with Crippen molar-refractivity contribution in [1.82, 2.24) is 29.5 Å². The largest absolute Gasteiger partial charge is 0.364 e. The summed E-state index contributed by atoms with van der Waals surface area (Å²) in [6.07, 6.45) is 5.11. The van der Waals surface area contributed by atoms with Gasteiger partial charge < -0.3 is 14.7 Å². The van der Waals surface area contributed by atoms with Crippen molar-refractivity contribution in [1.29, 1.82) is 0 Å². The molecule has 0 aromatic carbocycles. The summed E-state index contributed by atoms with van der Waals surface area (Å²) in [6.45, 7) is 8.45. The second kappa shape index (κ2) is 9.88. The molecule has 2 aromatic heterocycles. The maximum Gasteiger partial charge on any atom is 0.220 e. The molecule has 1 N–H and O–H groups in total. The first-order valence-electron chi connectivity index (χ1n) is 9.85. The summed E-state index contributed by atoms with van der Waals surface area (Å²) in [6, 6.07) is 3.49. The number of guanidine groups is 1. The minimum Gasteiger partial charge on any atom is -0.364 e. The Hall–Kier alpha value is -2.40. The van der Waals surface area contributed by atoms with Crippen LogP contribution in [0.3, 0.4) is 0 Å². The van der Waals surface area contributed by atoms with Crippen LogP contribution in [0.2, 0.25) is 0 Å². The summed E-state index contributed by atoms with van der Waals surface area (Å²) in [5.41, 5.74) is 0.425. The Kier molecular flexibility index (Phi) is 7.26. The zero-order valence-corrected chi connectivity index (χ0v) is 17.8. The Morgan fingerprint density at radius 3 is 2.76 bits per heavy atom. The molecule has 0 radical (unpaired) electrons. The van der Waals surface area contributed by atoms with E-state index in [4.69, 9.17) is 9.52 Å². The van der Waals surface area contributed by atoms with Crippen molar-refractivity contribution in [3.8, 4) is 0 Å². The molecule has 1 saturated heterocycles. The second-order valence-corrected chi connectivity index (χ2v) is 9.13. The summed E-state index contributed by atoms with van der Waals surface area (Å²) >= 11 is 0. The first-order chi connectivity index (χ1) is 14.0. The fourth-order valence-corrected chi connectivity index (χ4v) is 4.65. The number of hydrogen-bond acceptors (Lipinski definition) is 6. The van der Waals surface area contributed by atoms with E-state index in [0.717, 1.165) is 19.0 Å². The zero-order chi connectivity index (χ0) is 20.7. The Labute approximate surface area is 171 Å². The fraction of sp³-hybridized carbons (Fsp3) is 0.611. The van der Waals surface area contributed by atoms with Gasteiger partial charge in [0.05, 0.1) is 5.69 Å². The molecule has 1 atom stereocenters. The van der Waals surface area contributed by atoms with E-state index >= 15 is 0 Å². The summed E-state index contributed by atoms with van der Waals surface area (Å²) in [5.74, 6) is 1.03. The van der Waals surface area contributed by atoms with E-state index in [1.807, 2.05) is 23.9 Å². The van der Waals surface area contributed by atoms with Gasteiger partial charge in [-0.15, -0.1) is 0 Å². The van der Waals surface area contributed by atoms with E-state index < -0.39 is 10.0 Å². The number of sulfonamides is 1. The van der Waals surface area contributed by atoms with Crippen LogP contribution in [0, 0.1) is 5.92 Å². The van der Waals surface area contributed by atoms with Gasteiger partial charge in [0.1, 0.15) is 12.0 Å². The van der Waals surface area contributed by atoms with Crippen LogP contribution in [0.15, 0.2) is 40.3 Å². The summed E-state index contributed by atoms with van der Waals surface area (Å²) in [4.78, 5) is 6.88. The first-order valence-corrected chi connectivity index (χ1v) is 11.5. The van der Waals surface area contributed by atoms with Crippen molar-refractivity contribution in [2.45, 2.75) is 26.1 Å². The average molecular weight is 424 g/mol. The van der Waals surface area contributed by atoms with E-state index in [1.165, 1.54) is 10.6 Å². The standard InChI is InChI=1S/C18H29N7O3S/c1-3-19-18(20-13-16(2)14-24-7-4-6-21-24)23-8-10-25(11-9-23)29(26,27)15-17-5-12-28-22-17/h4-7,12,16H,3,8-11,13-15H2,1-2H3,(H,19,20). The molecule has 1 aliphatic rings. The molecular weight excluding hydrogens is 394 g/mol. The molecule has 3 heterocycles. The third-order valence-corrected chi connectivity index (χ3v) is 6.51. The van der Waals surface area contributed by atoms with E-state index in [9.17, 15) is 8.42 Å². The first kappa shape index (κ1) is 21.3. The molecule has 0 spiro atoms. The fourth-order valence-electron chi connectivity index (χ4n) is 3.22. The van der Waals surface area contributed by atoms with Gasteiger partial charge in [0.2, 0.25) is 10.0 Å². The SMILES string of the molecule is CCNC(=NCC(C)Cn1cccn1)N1CCN(S(=O)(=O)Cc2ccon2)CC1. The van der Waals surface area contributed by atoms with Gasteiger partial charge in [0, 0.05) is 64.3 Å². The van der Waals surface area contributed by atoms with Crippen LogP contribution < -0.4 is 5.32 Å². The Bertz CT molecular complexity index is 857. The van der Waals surface area contributed by atoms with Crippen LogP contribution in [0.5, 0.6) is 0 Å². The van der Waals surface area contributed by atoms with E-state index in [-0.39, 0.29) is 5.75 Å². The number of aliphatic imine (C=N–C) groups is 1. The molecule has 2 aromatic rings. The van der Waals surface area contributed by atoms with Crippen LogP contribution in [0.25, 0.3) is 0 Å². The lowest BCUT2D eigenvalue weighted by Crippen LogP contribution is -2.54. The Morgan fingerprint density at radius 1 is 1.34 bits per heavy atom. The third kappa shape index (κ3) is 6.04. The normalized spacial score (nSPS) is 17.4. The van der Waals surface area contributed by atoms with Crippen LogP contribution in [0.1, 0.15) is 19.5 Å². The molecule has 0 bridgehead atoms. The zero-order valence-electron chi connectivity index (χ0n) is 16.9. The second-order valence-electron chi connectivity index (χ2n) is 7.16. The molecule has 11 heteroatoms. The van der Waals surface area contributed by atoms with Crippen molar-refractivity contribution >= 4 is 16.0 Å². The minimum absolute atomic E-state index is 0.136. The molecule has 10 nitrogen and oxygen atoms in total. The molecule has 160 valence electrons. The molecule has 1 fully saturated rings. The topological polar surface area (TPSA) is 109 Å². The van der Waals surface area contributed by atoms with Crippen molar-refractivity contribution < 1.29 is 12.9 Å². The maximum atomic E-state index is 12.6. The molecule has 29 heavy (non-hydrogen) atoms. The van der Waals surface area contributed by atoms with Crippen LogP contribution in [-0.2, 0) is 22.3 Å². The highest BCUT2D eigenvalue weighted by Crippen LogP contribution is 2.13. The molecule has 3 rings (SSSR count). The summed E-state index contributed by atoms with van der Waals surface area (Å²) < 4.78 is 33.3. The lowest BCUT2D eigenvalue weighted by atomic mass is 10.2. The van der Waals surface area contributed by atoms with Gasteiger partial charge in [-0.3, -0.25) is 9.67 Å². The third-order valence-electron chi connectivity index (χ3n) is 4.70. The molecule has 0 amide bonds. The van der Waals surface area contributed by atoms with Crippen LogP contribution >= 0.6 is 0 Å². The maximum absolute atomic E-state index is 12.6. The number of piperazine rings is 1. The molecule has 1 aliphatic heterocycles. The molecule has 0 saturated carbocycles. The van der Waals surface area contributed by atoms with Gasteiger partial charge in [-0.1, -0.05) is 12.1 Å². The van der Waals surface area contributed by atoms with E-state index in [0.29, 0.717) is 44.3 Å². The van der Waals surface area contributed by atoms with Crippen LogP contribution in [-0.4, -0.2) is 77.8 Å². The van der Waals surface area contributed by atoms with Gasteiger partial charge in [0.25, 0.3) is 0 Å². The van der Waals surface area contributed by atoms with Gasteiger partial charge in [0.15, 0.2) is 5.96 Å². The van der Waals surface area contributed by atoms with Crippen molar-refractivity contribution in [3.63, 3.8) is 0 Å². The highest BCUT2D eigenvalue weighted by Gasteiger charge is 2.29. The minimum atomic E-state index is -3.41. The number of rotatable bonds is 8. The lowest BCUT2D eigenvalue weighted by molar-refractivity contribution is 0.259. The van der Waals surface area contributed by atoms with Crippen molar-refractivity contribution in [2.24, 2.45) is 10.9 Å². The van der Waals surface area contributed by atoms with E-state index in [2.05, 4.69) is 27.4 Å². The van der Waals surface area contributed by atoms with E-state index in [1.54, 1.807) is 12.3 Å². The quantitative estimate of drug-likeness (QED) is 0.490. The van der Waals surface area contributed by atoms with Gasteiger partial charge in [-0.2, -0.15) is 9.40 Å². The highest BCUT2D eigenvalue weighted by atomic mass is 32.2. The number of aromatic nitrogens is 3. The van der Waals surface area contributed by atoms with Crippen molar-refractivity contribution in [3.05, 3.63) is 36.5 Å². The Balaban J connectivity index is 1.54.